The summed E-state index contributed by atoms with van der Waals surface area (Å²) in [6.45, 7) is 6.12. The molecule has 146 valence electrons. The Morgan fingerprint density at radius 2 is 1.57 bits per heavy atom. The molecule has 0 saturated heterocycles. The monoisotopic (exact) mass is 380 g/mol. The number of nitriles is 1. The fraction of sp³-hybridized carbons (Fsp3) is 0.286. The zero-order valence-electron chi connectivity index (χ0n) is 16.2. The Morgan fingerprint density at radius 3 is 2.11 bits per heavy atom. The molecule has 0 radical (unpaired) electrons. The van der Waals surface area contributed by atoms with E-state index in [4.69, 9.17) is 10.00 Å². The van der Waals surface area contributed by atoms with Crippen molar-refractivity contribution in [1.82, 2.24) is 10.6 Å². The van der Waals surface area contributed by atoms with Crippen LogP contribution in [0.2, 0.25) is 0 Å². The summed E-state index contributed by atoms with van der Waals surface area (Å²) >= 11 is 0. The molecule has 0 spiro atoms. The predicted octanol–water partition coefficient (Wildman–Crippen LogP) is 3.63. The Labute approximate surface area is 164 Å². The highest BCUT2D eigenvalue weighted by Gasteiger charge is 2.15. The maximum absolute atomic E-state index is 12.1. The number of hydrogen-bond acceptors (Lipinski definition) is 5. The summed E-state index contributed by atoms with van der Waals surface area (Å²) in [6, 6.07) is 14.9. The SMILES string of the molecule is CC(C)CNC(=O)NC(=O)C(C)Nc1ccc(Oc2ccc(C#N)cc2)cc1. The van der Waals surface area contributed by atoms with Crippen molar-refractivity contribution in [2.75, 3.05) is 11.9 Å². The van der Waals surface area contributed by atoms with E-state index in [1.807, 2.05) is 13.8 Å². The minimum Gasteiger partial charge on any atom is -0.457 e. The second-order valence-electron chi connectivity index (χ2n) is 6.72. The van der Waals surface area contributed by atoms with Crippen molar-refractivity contribution in [2.45, 2.75) is 26.8 Å². The first-order valence-electron chi connectivity index (χ1n) is 9.00. The standard InChI is InChI=1S/C21H24N4O3/c1-14(2)13-23-21(27)25-20(26)15(3)24-17-6-10-19(11-7-17)28-18-8-4-16(12-22)5-9-18/h4-11,14-15,24H,13H2,1-3H3,(H2,23,25,26,27). The van der Waals surface area contributed by atoms with Gasteiger partial charge in [0.15, 0.2) is 0 Å². The average molecular weight is 380 g/mol. The Hall–Kier alpha value is -3.53. The zero-order chi connectivity index (χ0) is 20.5. The van der Waals surface area contributed by atoms with Crippen molar-refractivity contribution in [2.24, 2.45) is 5.92 Å². The molecule has 0 aliphatic rings. The van der Waals surface area contributed by atoms with Crippen molar-refractivity contribution in [3.05, 3.63) is 54.1 Å². The van der Waals surface area contributed by atoms with Crippen LogP contribution < -0.4 is 20.7 Å². The van der Waals surface area contributed by atoms with Gasteiger partial charge in [-0.15, -0.1) is 0 Å². The van der Waals surface area contributed by atoms with Gasteiger partial charge in [-0.2, -0.15) is 5.26 Å². The lowest BCUT2D eigenvalue weighted by Gasteiger charge is -2.16. The van der Waals surface area contributed by atoms with Gasteiger partial charge in [-0.25, -0.2) is 4.79 Å². The van der Waals surface area contributed by atoms with Gasteiger partial charge in [0.05, 0.1) is 11.6 Å². The van der Waals surface area contributed by atoms with Crippen LogP contribution in [0.1, 0.15) is 26.3 Å². The lowest BCUT2D eigenvalue weighted by atomic mass is 10.2. The van der Waals surface area contributed by atoms with Crippen LogP contribution in [0.5, 0.6) is 11.5 Å². The molecule has 1 unspecified atom stereocenters. The van der Waals surface area contributed by atoms with Crippen LogP contribution in [0.25, 0.3) is 0 Å². The number of urea groups is 1. The van der Waals surface area contributed by atoms with Crippen molar-refractivity contribution in [3.8, 4) is 17.6 Å². The Morgan fingerprint density at radius 1 is 1.00 bits per heavy atom. The quantitative estimate of drug-likeness (QED) is 0.680. The normalized spacial score (nSPS) is 11.2. The van der Waals surface area contributed by atoms with Crippen molar-refractivity contribution >= 4 is 17.6 Å². The maximum Gasteiger partial charge on any atom is 0.321 e. The van der Waals surface area contributed by atoms with Gasteiger partial charge >= 0.3 is 6.03 Å². The zero-order valence-corrected chi connectivity index (χ0v) is 16.2. The molecule has 0 bridgehead atoms. The topological polar surface area (TPSA) is 103 Å². The summed E-state index contributed by atoms with van der Waals surface area (Å²) in [7, 11) is 0. The lowest BCUT2D eigenvalue weighted by molar-refractivity contribution is -0.120. The molecule has 7 nitrogen and oxygen atoms in total. The Balaban J connectivity index is 1.86. The molecule has 3 N–H and O–H groups in total. The molecule has 2 rings (SSSR count). The fourth-order valence-electron chi connectivity index (χ4n) is 2.23. The van der Waals surface area contributed by atoms with Crippen LogP contribution in [0.4, 0.5) is 10.5 Å². The third-order valence-electron chi connectivity index (χ3n) is 3.76. The molecule has 0 aliphatic heterocycles. The van der Waals surface area contributed by atoms with Gasteiger partial charge in [0.1, 0.15) is 17.5 Å². The first-order chi connectivity index (χ1) is 13.4. The van der Waals surface area contributed by atoms with E-state index in [-0.39, 0.29) is 0 Å². The number of amides is 3. The fourth-order valence-corrected chi connectivity index (χ4v) is 2.23. The van der Waals surface area contributed by atoms with Gasteiger partial charge in [0, 0.05) is 12.2 Å². The molecule has 1 atom stereocenters. The number of hydrogen-bond donors (Lipinski definition) is 3. The second-order valence-corrected chi connectivity index (χ2v) is 6.72. The molecule has 0 saturated carbocycles. The number of nitrogens with zero attached hydrogens (tertiary/aromatic N) is 1. The molecule has 7 heteroatoms. The molecule has 2 aromatic carbocycles. The van der Waals surface area contributed by atoms with E-state index in [9.17, 15) is 9.59 Å². The maximum atomic E-state index is 12.1. The van der Waals surface area contributed by atoms with Gasteiger partial charge in [0.25, 0.3) is 0 Å². The lowest BCUT2D eigenvalue weighted by Crippen LogP contribution is -2.46. The number of ether oxygens (including phenoxy) is 1. The van der Waals surface area contributed by atoms with Crippen LogP contribution in [0.3, 0.4) is 0 Å². The van der Waals surface area contributed by atoms with Crippen LogP contribution in [-0.2, 0) is 4.79 Å². The molecular weight excluding hydrogens is 356 g/mol. The van der Waals surface area contributed by atoms with E-state index in [2.05, 4.69) is 22.0 Å². The van der Waals surface area contributed by atoms with Gasteiger partial charge in [0.2, 0.25) is 5.91 Å². The van der Waals surface area contributed by atoms with E-state index >= 15 is 0 Å². The highest BCUT2D eigenvalue weighted by molar-refractivity contribution is 5.97. The second kappa shape index (κ2) is 9.97. The molecule has 2 aromatic rings. The van der Waals surface area contributed by atoms with Gasteiger partial charge in [-0.3, -0.25) is 10.1 Å². The van der Waals surface area contributed by atoms with E-state index in [0.29, 0.717) is 29.5 Å². The van der Waals surface area contributed by atoms with Gasteiger partial charge < -0.3 is 15.4 Å². The van der Waals surface area contributed by atoms with Crippen LogP contribution in [0, 0.1) is 17.2 Å². The smallest absolute Gasteiger partial charge is 0.321 e. The van der Waals surface area contributed by atoms with Crippen LogP contribution in [0.15, 0.2) is 48.5 Å². The first kappa shape index (κ1) is 20.8. The van der Waals surface area contributed by atoms with Crippen molar-refractivity contribution < 1.29 is 14.3 Å². The summed E-state index contributed by atoms with van der Waals surface area (Å²) in [5.74, 6) is 1.14. The average Bonchev–Trinajstić information content (AvgIpc) is 2.68. The Bertz CT molecular complexity index is 839. The van der Waals surface area contributed by atoms with Crippen LogP contribution in [-0.4, -0.2) is 24.5 Å². The minimum absolute atomic E-state index is 0.307. The molecule has 0 aliphatic carbocycles. The third kappa shape index (κ3) is 6.65. The third-order valence-corrected chi connectivity index (χ3v) is 3.76. The number of carbonyl (C=O) groups excluding carboxylic acids is 2. The summed E-state index contributed by atoms with van der Waals surface area (Å²) in [5.41, 5.74) is 1.29. The number of carbonyl (C=O) groups is 2. The summed E-state index contributed by atoms with van der Waals surface area (Å²) in [6.07, 6.45) is 0. The number of rotatable bonds is 7. The predicted molar refractivity (Wildman–Crippen MR) is 107 cm³/mol. The molecular formula is C21H24N4O3. The summed E-state index contributed by atoms with van der Waals surface area (Å²) in [5, 5.41) is 16.8. The van der Waals surface area contributed by atoms with E-state index in [0.717, 1.165) is 5.69 Å². The number of benzene rings is 2. The molecule has 3 amide bonds. The number of anilines is 1. The first-order valence-corrected chi connectivity index (χ1v) is 9.00. The number of imide groups is 1. The molecule has 0 fully saturated rings. The Kier molecular flexibility index (Phi) is 7.40. The van der Waals surface area contributed by atoms with E-state index in [1.165, 1.54) is 0 Å². The van der Waals surface area contributed by atoms with E-state index < -0.39 is 18.0 Å². The van der Waals surface area contributed by atoms with Crippen molar-refractivity contribution in [3.63, 3.8) is 0 Å². The molecule has 28 heavy (non-hydrogen) atoms. The van der Waals surface area contributed by atoms with Gasteiger partial charge in [-0.1, -0.05) is 13.8 Å². The van der Waals surface area contributed by atoms with Crippen LogP contribution >= 0.6 is 0 Å². The highest BCUT2D eigenvalue weighted by atomic mass is 16.5. The highest BCUT2D eigenvalue weighted by Crippen LogP contribution is 2.23. The van der Waals surface area contributed by atoms with E-state index in [1.54, 1.807) is 55.5 Å². The number of nitrogens with one attached hydrogen (secondary N) is 3. The summed E-state index contributed by atoms with van der Waals surface area (Å²) in [4.78, 5) is 23.7. The van der Waals surface area contributed by atoms with Crippen molar-refractivity contribution in [1.29, 1.82) is 5.26 Å². The molecule has 0 heterocycles. The van der Waals surface area contributed by atoms with Gasteiger partial charge in [-0.05, 0) is 61.4 Å². The summed E-state index contributed by atoms with van der Waals surface area (Å²) < 4.78 is 5.71. The minimum atomic E-state index is -0.588. The largest absolute Gasteiger partial charge is 0.457 e. The molecule has 0 aromatic heterocycles.